The number of carbonyl (C=O) groups is 2. The lowest BCUT2D eigenvalue weighted by atomic mass is 10.1. The number of hydrogen-bond donors (Lipinski definition) is 2. The van der Waals surface area contributed by atoms with Crippen molar-refractivity contribution in [3.63, 3.8) is 0 Å². The zero-order valence-electron chi connectivity index (χ0n) is 32.4. The highest BCUT2D eigenvalue weighted by Gasteiger charge is 2.22. The van der Waals surface area contributed by atoms with E-state index in [4.69, 9.17) is 19.3 Å². The molecule has 0 bridgehead atoms. The molecule has 0 amide bonds. The normalized spacial score (nSPS) is 13.4. The SMILES string of the molecule is CC/C=C/C/C=C/C/C=C/C/C=C/C/C=C/CCCCCC(=O)O[C@H](COC(=O)CCCC/C=C/C/C=C/CCCCCCCC)COP(=O)(O)O. The number of carbonyl (C=O) groups excluding carboxylic acids is 2. The Labute approximate surface area is 316 Å². The molecular formula is C43H71O8P. The molecule has 0 spiro atoms. The minimum atomic E-state index is -4.77. The van der Waals surface area contributed by atoms with Gasteiger partial charge in [-0.15, -0.1) is 0 Å². The molecule has 52 heavy (non-hydrogen) atoms. The summed E-state index contributed by atoms with van der Waals surface area (Å²) >= 11 is 0. The predicted octanol–water partition coefficient (Wildman–Crippen LogP) is 12.1. The van der Waals surface area contributed by atoms with Crippen LogP contribution in [0.15, 0.2) is 85.1 Å². The highest BCUT2D eigenvalue weighted by molar-refractivity contribution is 7.46. The third-order valence-electron chi connectivity index (χ3n) is 7.90. The fraction of sp³-hybridized carbons (Fsp3) is 0.628. The van der Waals surface area contributed by atoms with E-state index < -0.39 is 32.5 Å². The summed E-state index contributed by atoms with van der Waals surface area (Å²) in [5.74, 6) is -0.969. The first-order valence-electron chi connectivity index (χ1n) is 19.9. The first-order chi connectivity index (χ1) is 25.3. The minimum Gasteiger partial charge on any atom is -0.462 e. The Morgan fingerprint density at radius 3 is 1.42 bits per heavy atom. The van der Waals surface area contributed by atoms with Crippen molar-refractivity contribution in [2.45, 2.75) is 161 Å². The van der Waals surface area contributed by atoms with E-state index in [1.807, 2.05) is 0 Å². The van der Waals surface area contributed by atoms with E-state index in [-0.39, 0.29) is 19.4 Å². The van der Waals surface area contributed by atoms with Crippen molar-refractivity contribution in [3.8, 4) is 0 Å². The van der Waals surface area contributed by atoms with Crippen LogP contribution in [0, 0.1) is 0 Å². The zero-order chi connectivity index (χ0) is 38.2. The average molecular weight is 747 g/mol. The lowest BCUT2D eigenvalue weighted by Crippen LogP contribution is -2.29. The van der Waals surface area contributed by atoms with E-state index >= 15 is 0 Å². The molecule has 0 aliphatic rings. The second-order valence-electron chi connectivity index (χ2n) is 12.9. The van der Waals surface area contributed by atoms with Crippen LogP contribution < -0.4 is 0 Å². The van der Waals surface area contributed by atoms with Gasteiger partial charge in [0, 0.05) is 12.8 Å². The molecule has 0 saturated carbocycles. The quantitative estimate of drug-likeness (QED) is 0.0285. The van der Waals surface area contributed by atoms with Crippen LogP contribution in [0.5, 0.6) is 0 Å². The van der Waals surface area contributed by atoms with E-state index in [0.29, 0.717) is 12.8 Å². The summed E-state index contributed by atoms with van der Waals surface area (Å²) in [5, 5.41) is 0. The fourth-order valence-electron chi connectivity index (χ4n) is 4.96. The number of unbranched alkanes of at least 4 members (excludes halogenated alkanes) is 11. The molecule has 2 N–H and O–H groups in total. The van der Waals surface area contributed by atoms with Gasteiger partial charge in [0.2, 0.25) is 0 Å². The molecule has 0 aromatic rings. The Hall–Kier alpha value is -2.77. The summed E-state index contributed by atoms with van der Waals surface area (Å²) in [7, 11) is -4.77. The maximum Gasteiger partial charge on any atom is 0.469 e. The summed E-state index contributed by atoms with van der Waals surface area (Å²) < 4.78 is 26.3. The topological polar surface area (TPSA) is 119 Å². The minimum absolute atomic E-state index is 0.161. The Bertz CT molecular complexity index is 1110. The molecule has 0 aromatic carbocycles. The maximum absolute atomic E-state index is 12.4. The first-order valence-corrected chi connectivity index (χ1v) is 21.4. The second kappa shape index (κ2) is 38.0. The summed E-state index contributed by atoms with van der Waals surface area (Å²) in [6, 6.07) is 0. The van der Waals surface area contributed by atoms with E-state index in [0.717, 1.165) is 77.0 Å². The summed E-state index contributed by atoms with van der Waals surface area (Å²) in [6.07, 6.45) is 50.2. The van der Waals surface area contributed by atoms with Gasteiger partial charge in [-0.05, 0) is 89.9 Å². The van der Waals surface area contributed by atoms with Crippen LogP contribution >= 0.6 is 7.82 Å². The largest absolute Gasteiger partial charge is 0.469 e. The Morgan fingerprint density at radius 1 is 0.519 bits per heavy atom. The molecule has 0 aliphatic heterocycles. The van der Waals surface area contributed by atoms with Crippen LogP contribution in [0.3, 0.4) is 0 Å². The van der Waals surface area contributed by atoms with Crippen molar-refractivity contribution in [2.24, 2.45) is 0 Å². The van der Waals surface area contributed by atoms with Crippen LogP contribution in [0.25, 0.3) is 0 Å². The molecular weight excluding hydrogens is 675 g/mol. The summed E-state index contributed by atoms with van der Waals surface area (Å²) in [6.45, 7) is 3.49. The third kappa shape index (κ3) is 40.0. The highest BCUT2D eigenvalue weighted by Crippen LogP contribution is 2.36. The van der Waals surface area contributed by atoms with Gasteiger partial charge in [0.1, 0.15) is 6.61 Å². The van der Waals surface area contributed by atoms with Crippen molar-refractivity contribution < 1.29 is 37.9 Å². The fourth-order valence-corrected chi connectivity index (χ4v) is 5.32. The monoisotopic (exact) mass is 746 g/mol. The Kier molecular flexibility index (Phi) is 35.9. The molecule has 0 fully saturated rings. The molecule has 0 saturated heterocycles. The van der Waals surface area contributed by atoms with Crippen molar-refractivity contribution >= 4 is 19.8 Å². The molecule has 0 aliphatic carbocycles. The van der Waals surface area contributed by atoms with Gasteiger partial charge in [-0.25, -0.2) is 4.57 Å². The van der Waals surface area contributed by atoms with Crippen LogP contribution in [0.1, 0.15) is 155 Å². The predicted molar refractivity (Wildman–Crippen MR) is 216 cm³/mol. The number of hydrogen-bond acceptors (Lipinski definition) is 6. The maximum atomic E-state index is 12.4. The standard InChI is InChI=1S/C43H71O8P/c1-3-5-7-9-11-13-15-17-19-20-21-22-24-26-28-30-32-34-36-38-43(45)51-41(40-50-52(46,47)48)39-49-42(44)37-35-33-31-29-27-25-23-18-16-14-12-10-8-6-4-2/h5,7,11,13,17-19,21-23,26-29,41H,3-4,6,8-10,12,14-16,20,24-25,30-40H2,1-2H3,(H2,46,47,48)/b7-5+,13-11+,19-17+,22-21+,23-18+,28-26+,29-27+/t41-/m1/s1. The van der Waals surface area contributed by atoms with Gasteiger partial charge in [0.05, 0.1) is 6.61 Å². The molecule has 1 atom stereocenters. The average Bonchev–Trinajstić information content (AvgIpc) is 3.11. The first kappa shape index (κ1) is 49.2. The van der Waals surface area contributed by atoms with Gasteiger partial charge in [-0.3, -0.25) is 14.1 Å². The smallest absolute Gasteiger partial charge is 0.462 e. The van der Waals surface area contributed by atoms with Crippen molar-refractivity contribution in [1.29, 1.82) is 0 Å². The van der Waals surface area contributed by atoms with Crippen molar-refractivity contribution in [2.75, 3.05) is 13.2 Å². The van der Waals surface area contributed by atoms with Crippen LogP contribution in [-0.2, 0) is 28.2 Å². The lowest BCUT2D eigenvalue weighted by Gasteiger charge is -2.18. The third-order valence-corrected chi connectivity index (χ3v) is 8.38. The number of phosphoric ester groups is 1. The van der Waals surface area contributed by atoms with Gasteiger partial charge >= 0.3 is 19.8 Å². The van der Waals surface area contributed by atoms with Gasteiger partial charge in [0.15, 0.2) is 6.10 Å². The molecule has 0 aromatic heterocycles. The van der Waals surface area contributed by atoms with Gasteiger partial charge < -0.3 is 19.3 Å². The summed E-state index contributed by atoms with van der Waals surface area (Å²) in [4.78, 5) is 42.8. The zero-order valence-corrected chi connectivity index (χ0v) is 33.3. The molecule has 9 heteroatoms. The number of esters is 2. The number of ether oxygens (including phenoxy) is 2. The molecule has 8 nitrogen and oxygen atoms in total. The number of rotatable bonds is 35. The Morgan fingerprint density at radius 2 is 0.923 bits per heavy atom. The van der Waals surface area contributed by atoms with Crippen LogP contribution in [0.4, 0.5) is 0 Å². The lowest BCUT2D eigenvalue weighted by molar-refractivity contribution is -0.161. The highest BCUT2D eigenvalue weighted by atomic mass is 31.2. The molecule has 0 radical (unpaired) electrons. The van der Waals surface area contributed by atoms with Crippen LogP contribution in [-0.4, -0.2) is 41.0 Å². The molecule has 296 valence electrons. The van der Waals surface area contributed by atoms with Gasteiger partial charge in [-0.1, -0.05) is 137 Å². The molecule has 0 unspecified atom stereocenters. The summed E-state index contributed by atoms with van der Waals surface area (Å²) in [5.41, 5.74) is 0. The van der Waals surface area contributed by atoms with E-state index in [1.54, 1.807) is 0 Å². The van der Waals surface area contributed by atoms with Crippen molar-refractivity contribution in [1.82, 2.24) is 0 Å². The van der Waals surface area contributed by atoms with E-state index in [1.165, 1.54) is 38.5 Å². The van der Waals surface area contributed by atoms with Gasteiger partial charge in [-0.2, -0.15) is 0 Å². The van der Waals surface area contributed by atoms with Crippen molar-refractivity contribution in [3.05, 3.63) is 85.1 Å². The second-order valence-corrected chi connectivity index (χ2v) is 14.1. The van der Waals surface area contributed by atoms with E-state index in [2.05, 4.69) is 103 Å². The molecule has 0 heterocycles. The van der Waals surface area contributed by atoms with Crippen LogP contribution in [0.2, 0.25) is 0 Å². The Balaban J connectivity index is 4.09. The van der Waals surface area contributed by atoms with E-state index in [9.17, 15) is 14.2 Å². The molecule has 0 rings (SSSR count). The number of phosphoric acid groups is 1. The number of allylic oxidation sites excluding steroid dienone is 14. The van der Waals surface area contributed by atoms with Gasteiger partial charge in [0.25, 0.3) is 0 Å².